The highest BCUT2D eigenvalue weighted by Gasteiger charge is 2.34. The third-order valence-electron chi connectivity index (χ3n) is 7.61. The average molecular weight is 728 g/mol. The number of unbranched alkanes of at least 4 members (excludes halogenated alkanes) is 1. The van der Waals surface area contributed by atoms with Gasteiger partial charge in [0, 0.05) is 18.5 Å². The molecule has 0 bridgehead atoms. The van der Waals surface area contributed by atoms with E-state index >= 15 is 0 Å². The fourth-order valence-electron chi connectivity index (χ4n) is 5.20. The first kappa shape index (κ1) is 38.6. The number of carbonyl (C=O) groups excluding carboxylic acids is 2. The summed E-state index contributed by atoms with van der Waals surface area (Å²) in [5.74, 6) is -2.52. The van der Waals surface area contributed by atoms with Crippen LogP contribution in [0.4, 0.5) is 0 Å². The minimum Gasteiger partial charge on any atom is -0.456 e. The smallest absolute Gasteiger partial charge is 0.456 e. The number of nitrogens with zero attached hydrogens (tertiary/aromatic N) is 6. The number of ether oxygens (including phenoxy) is 2. The number of nitrogens with one attached hydrogen (secondary N) is 1. The van der Waals surface area contributed by atoms with E-state index in [2.05, 4.69) is 30.3 Å². The Kier molecular flexibility index (Phi) is 13.9. The average Bonchev–Trinajstić information content (AvgIpc) is 3.78. The topological polar surface area (TPSA) is 258 Å². The Balaban J connectivity index is 1.47. The van der Waals surface area contributed by atoms with E-state index in [4.69, 9.17) is 18.3 Å². The molecule has 2 heterocycles. The maximum atomic E-state index is 13.6. The zero-order valence-corrected chi connectivity index (χ0v) is 28.5. The standard InChI is InChI=1S/C32H37N7O13/c1-4-5-10-28(40)37(15-21-11-13-22(14-12-21)24-8-6-7-9-25(24)30-33-35-36-34-30)29(20(2)3)31(41)48-19-27-26(50-32(42)51-27)18-47-16-23(52-39(45)46)17-49-38(43)44/h6-9,11-14,20,23,29H,4-5,10,15-19H2,1-3H3,(H,33,34,35,36)/t23?,29-/m0/s1. The molecule has 0 saturated carbocycles. The Morgan fingerprint density at radius 1 is 0.962 bits per heavy atom. The van der Waals surface area contributed by atoms with Crippen LogP contribution in [0.3, 0.4) is 0 Å². The summed E-state index contributed by atoms with van der Waals surface area (Å²) in [7, 11) is 0. The minimum absolute atomic E-state index is 0.0979. The molecule has 4 rings (SSSR count). The van der Waals surface area contributed by atoms with Gasteiger partial charge < -0.3 is 32.9 Å². The van der Waals surface area contributed by atoms with Gasteiger partial charge in [0.1, 0.15) is 19.3 Å². The highest BCUT2D eigenvalue weighted by atomic mass is 17.0. The van der Waals surface area contributed by atoms with Gasteiger partial charge in [-0.1, -0.05) is 75.7 Å². The Labute approximate surface area is 295 Å². The van der Waals surface area contributed by atoms with Crippen molar-refractivity contribution < 1.29 is 47.7 Å². The zero-order valence-electron chi connectivity index (χ0n) is 28.5. The number of aromatic nitrogens is 4. The van der Waals surface area contributed by atoms with Gasteiger partial charge in [-0.15, -0.1) is 30.4 Å². The van der Waals surface area contributed by atoms with Gasteiger partial charge in [-0.05, 0) is 34.2 Å². The second kappa shape index (κ2) is 18.7. The second-order valence-electron chi connectivity index (χ2n) is 11.7. The number of benzene rings is 2. The van der Waals surface area contributed by atoms with Crippen molar-refractivity contribution >= 4 is 11.9 Å². The van der Waals surface area contributed by atoms with Gasteiger partial charge in [0.2, 0.25) is 11.7 Å². The third-order valence-corrected chi connectivity index (χ3v) is 7.61. The first-order chi connectivity index (χ1) is 25.0. The first-order valence-corrected chi connectivity index (χ1v) is 16.1. The fourth-order valence-corrected chi connectivity index (χ4v) is 5.20. The summed E-state index contributed by atoms with van der Waals surface area (Å²) in [6, 6.07) is 14.1. The quantitative estimate of drug-likeness (QED) is 0.0729. The molecule has 2 aromatic carbocycles. The maximum Gasteiger partial charge on any atom is 0.519 e. The predicted octanol–water partition coefficient (Wildman–Crippen LogP) is 3.67. The molecule has 20 nitrogen and oxygen atoms in total. The molecule has 1 N–H and O–H groups in total. The number of tetrazole rings is 1. The molecule has 20 heteroatoms. The highest BCUT2D eigenvalue weighted by molar-refractivity contribution is 5.85. The maximum absolute atomic E-state index is 13.6. The largest absolute Gasteiger partial charge is 0.519 e. The molecule has 0 aliphatic rings. The van der Waals surface area contributed by atoms with Gasteiger partial charge in [-0.2, -0.15) is 5.21 Å². The summed E-state index contributed by atoms with van der Waals surface area (Å²) in [5, 5.41) is 33.1. The predicted molar refractivity (Wildman–Crippen MR) is 175 cm³/mol. The van der Waals surface area contributed by atoms with Crippen molar-refractivity contribution in [3.8, 4) is 22.5 Å². The number of rotatable bonds is 21. The van der Waals surface area contributed by atoms with Crippen LogP contribution >= 0.6 is 0 Å². The number of esters is 1. The molecule has 0 spiro atoms. The van der Waals surface area contributed by atoms with Gasteiger partial charge in [0.15, 0.2) is 24.2 Å². The van der Waals surface area contributed by atoms with Crippen molar-refractivity contribution in [1.29, 1.82) is 0 Å². The van der Waals surface area contributed by atoms with Crippen LogP contribution in [0.25, 0.3) is 22.5 Å². The number of carbonyl (C=O) groups is 2. The lowest BCUT2D eigenvalue weighted by Gasteiger charge is -2.33. The zero-order chi connectivity index (χ0) is 37.6. The second-order valence-corrected chi connectivity index (χ2v) is 11.7. The van der Waals surface area contributed by atoms with E-state index in [0.29, 0.717) is 12.2 Å². The summed E-state index contributed by atoms with van der Waals surface area (Å²) in [6.45, 7) is 3.14. The van der Waals surface area contributed by atoms with Crippen molar-refractivity contribution in [3.63, 3.8) is 0 Å². The minimum atomic E-state index is -1.48. The molecule has 52 heavy (non-hydrogen) atoms. The lowest BCUT2D eigenvalue weighted by atomic mass is 9.97. The number of aromatic amines is 1. The van der Waals surface area contributed by atoms with Crippen molar-refractivity contribution in [2.24, 2.45) is 5.92 Å². The lowest BCUT2D eigenvalue weighted by Crippen LogP contribution is -2.48. The molecule has 0 fully saturated rings. The van der Waals surface area contributed by atoms with E-state index in [-0.39, 0.29) is 30.4 Å². The van der Waals surface area contributed by atoms with E-state index in [1.807, 2.05) is 55.5 Å². The van der Waals surface area contributed by atoms with E-state index in [9.17, 15) is 34.6 Å². The normalized spacial score (nSPS) is 12.2. The highest BCUT2D eigenvalue weighted by Crippen LogP contribution is 2.30. The Bertz CT molecular complexity index is 1840. The summed E-state index contributed by atoms with van der Waals surface area (Å²) >= 11 is 0. The van der Waals surface area contributed by atoms with Crippen molar-refractivity contribution in [2.45, 2.75) is 71.9 Å². The van der Waals surface area contributed by atoms with Crippen molar-refractivity contribution in [1.82, 2.24) is 25.5 Å². The molecule has 0 saturated heterocycles. The van der Waals surface area contributed by atoms with E-state index < -0.39 is 66.5 Å². The van der Waals surface area contributed by atoms with Gasteiger partial charge in [-0.25, -0.2) is 9.59 Å². The molecule has 1 amide bonds. The van der Waals surface area contributed by atoms with Crippen LogP contribution in [-0.2, 0) is 48.5 Å². The van der Waals surface area contributed by atoms with Gasteiger partial charge in [0.25, 0.3) is 10.2 Å². The van der Waals surface area contributed by atoms with E-state index in [0.717, 1.165) is 28.7 Å². The Morgan fingerprint density at radius 2 is 1.65 bits per heavy atom. The van der Waals surface area contributed by atoms with Crippen molar-refractivity contribution in [2.75, 3.05) is 13.2 Å². The van der Waals surface area contributed by atoms with Gasteiger partial charge in [0.05, 0.1) is 6.61 Å². The molecule has 0 radical (unpaired) electrons. The summed E-state index contributed by atoms with van der Waals surface area (Å²) in [5.41, 5.74) is 3.29. The summed E-state index contributed by atoms with van der Waals surface area (Å²) < 4.78 is 20.8. The van der Waals surface area contributed by atoms with Crippen LogP contribution in [0.1, 0.15) is 57.1 Å². The number of hydrogen-bond donors (Lipinski definition) is 1. The molecule has 2 atom stereocenters. The lowest BCUT2D eigenvalue weighted by molar-refractivity contribution is -0.790. The molecule has 4 aromatic rings. The van der Waals surface area contributed by atoms with Crippen LogP contribution in [0.2, 0.25) is 0 Å². The van der Waals surface area contributed by atoms with Crippen LogP contribution < -0.4 is 5.82 Å². The summed E-state index contributed by atoms with van der Waals surface area (Å²) in [6.07, 6.45) is 0.0921. The molecule has 0 aliphatic carbocycles. The molecule has 2 aromatic heterocycles. The van der Waals surface area contributed by atoms with Gasteiger partial charge >= 0.3 is 11.8 Å². The number of H-pyrrole nitrogens is 1. The van der Waals surface area contributed by atoms with Crippen LogP contribution in [0, 0.1) is 26.1 Å². The molecular formula is C32H37N7O13. The molecule has 1 unspecified atom stereocenters. The number of amides is 1. The fraction of sp³-hybridized carbons (Fsp3) is 0.438. The van der Waals surface area contributed by atoms with Crippen LogP contribution in [-0.4, -0.2) is 72.9 Å². The summed E-state index contributed by atoms with van der Waals surface area (Å²) in [4.78, 5) is 70.2. The first-order valence-electron chi connectivity index (χ1n) is 16.1. The Morgan fingerprint density at radius 3 is 2.27 bits per heavy atom. The molecular weight excluding hydrogens is 690 g/mol. The molecule has 0 aliphatic heterocycles. The van der Waals surface area contributed by atoms with Crippen molar-refractivity contribution in [3.05, 3.63) is 96.5 Å². The van der Waals surface area contributed by atoms with Crippen LogP contribution in [0.15, 0.2) is 62.2 Å². The Hall–Kier alpha value is -6.18. The third kappa shape index (κ3) is 10.9. The van der Waals surface area contributed by atoms with E-state index in [1.54, 1.807) is 13.8 Å². The monoisotopic (exact) mass is 727 g/mol. The number of hydrogen-bond acceptors (Lipinski definition) is 16. The van der Waals surface area contributed by atoms with E-state index in [1.165, 1.54) is 4.90 Å². The SMILES string of the molecule is CCCCC(=O)N(Cc1ccc(-c2ccccc2-c2nn[nH]n2)cc1)[C@H](C(=O)OCc1oc(=O)oc1COCC(CO[N+](=O)[O-])O[N+](=O)[O-])C(C)C. The van der Waals surface area contributed by atoms with Gasteiger partial charge in [-0.3, -0.25) is 4.79 Å². The molecule has 278 valence electrons. The van der Waals surface area contributed by atoms with Crippen LogP contribution in [0.5, 0.6) is 0 Å².